The molecular weight excluding hydrogens is 675 g/mol. The molecule has 0 unspecified atom stereocenters. The predicted octanol–water partition coefficient (Wildman–Crippen LogP) is 9.75. The number of hydrogen-bond acceptors (Lipinski definition) is 10. The van der Waals surface area contributed by atoms with Crippen molar-refractivity contribution >= 4 is 23.2 Å². The maximum atomic E-state index is 8.83. The van der Waals surface area contributed by atoms with Crippen LogP contribution in [0.5, 0.6) is 11.5 Å². The Kier molecular flexibility index (Phi) is 11.2. The molecule has 10 nitrogen and oxygen atoms in total. The van der Waals surface area contributed by atoms with Crippen molar-refractivity contribution < 1.29 is 18.5 Å². The molecule has 0 radical (unpaired) electrons. The Morgan fingerprint density at radius 2 is 1.06 bits per heavy atom. The van der Waals surface area contributed by atoms with Crippen LogP contribution in [0, 0.1) is 11.3 Å². The second kappa shape index (κ2) is 15.6. The van der Waals surface area contributed by atoms with Crippen LogP contribution < -0.4 is 15.2 Å². The molecule has 2 N–H and O–H groups in total. The molecule has 50 heavy (non-hydrogen) atoms. The fourth-order valence-corrected chi connectivity index (χ4v) is 5.07. The Labute approximate surface area is 300 Å². The molecule has 2 aromatic heterocycles. The molecular formula is C38H36Cl2N6O4. The number of nitriles is 1. The normalized spacial score (nSPS) is 11.2. The van der Waals surface area contributed by atoms with Crippen molar-refractivity contribution in [3.63, 3.8) is 0 Å². The summed E-state index contributed by atoms with van der Waals surface area (Å²) in [6.07, 6.45) is 0.0955. The van der Waals surface area contributed by atoms with E-state index in [9.17, 15) is 0 Å². The Balaban J connectivity index is 0.000000195. The van der Waals surface area contributed by atoms with Crippen molar-refractivity contribution in [1.82, 2.24) is 20.3 Å². The molecule has 6 aromatic rings. The SMILES string of the molecule is CC(C)Oc1ccc(-c2noc(-c3ccc(C#N)cc3)n2)cc1Cl.CC(C)Oc1ccc(-c2noc(-c3ccc(C(C)(C)N)cc3)n2)cc1Cl. The fourth-order valence-electron chi connectivity index (χ4n) is 4.62. The highest BCUT2D eigenvalue weighted by Crippen LogP contribution is 2.33. The van der Waals surface area contributed by atoms with Gasteiger partial charge in [-0.3, -0.25) is 0 Å². The van der Waals surface area contributed by atoms with Gasteiger partial charge in [-0.2, -0.15) is 15.2 Å². The third-order valence-corrected chi connectivity index (χ3v) is 7.69. The maximum absolute atomic E-state index is 8.83. The van der Waals surface area contributed by atoms with Gasteiger partial charge >= 0.3 is 0 Å². The summed E-state index contributed by atoms with van der Waals surface area (Å²) in [5.41, 5.74) is 10.4. The van der Waals surface area contributed by atoms with Crippen molar-refractivity contribution in [1.29, 1.82) is 5.26 Å². The molecule has 6 rings (SSSR count). The number of hydrogen-bond donors (Lipinski definition) is 1. The third kappa shape index (κ3) is 9.07. The van der Waals surface area contributed by atoms with E-state index >= 15 is 0 Å². The lowest BCUT2D eigenvalue weighted by Gasteiger charge is -2.18. The van der Waals surface area contributed by atoms with Crippen LogP contribution in [0.2, 0.25) is 10.0 Å². The minimum absolute atomic E-state index is 0.0431. The second-order valence-electron chi connectivity index (χ2n) is 12.5. The number of ether oxygens (including phenoxy) is 2. The Hall–Kier alpha value is -5.21. The Morgan fingerprint density at radius 1 is 0.660 bits per heavy atom. The highest BCUT2D eigenvalue weighted by molar-refractivity contribution is 6.32. The van der Waals surface area contributed by atoms with E-state index in [1.807, 2.05) is 84.0 Å². The molecule has 2 heterocycles. The summed E-state index contributed by atoms with van der Waals surface area (Å²) in [7, 11) is 0. The molecule has 0 amide bonds. The third-order valence-electron chi connectivity index (χ3n) is 7.09. The van der Waals surface area contributed by atoms with Crippen LogP contribution in [0.15, 0.2) is 94.0 Å². The molecule has 0 aliphatic rings. The van der Waals surface area contributed by atoms with Crippen LogP contribution in [0.1, 0.15) is 52.7 Å². The van der Waals surface area contributed by atoms with E-state index in [4.69, 9.17) is 52.7 Å². The summed E-state index contributed by atoms with van der Waals surface area (Å²) in [6.45, 7) is 11.7. The van der Waals surface area contributed by atoms with Gasteiger partial charge < -0.3 is 24.3 Å². The zero-order valence-electron chi connectivity index (χ0n) is 28.4. The molecule has 0 saturated heterocycles. The zero-order valence-corrected chi connectivity index (χ0v) is 30.0. The standard InChI is InChI=1S/C20H22ClN3O2.C18H14ClN3O2/c1-12(2)25-17-10-7-14(11-16(17)21)18-23-19(26-24-18)13-5-8-15(9-6-13)20(3,4)22;1-11(2)23-16-8-7-14(9-15(16)19)17-21-18(24-22-17)13-5-3-12(10-20)4-6-13/h5-12H,22H2,1-4H3;3-9,11H,1-2H3. The van der Waals surface area contributed by atoms with E-state index in [-0.39, 0.29) is 12.2 Å². The Morgan fingerprint density at radius 3 is 1.42 bits per heavy atom. The van der Waals surface area contributed by atoms with E-state index < -0.39 is 5.54 Å². The summed E-state index contributed by atoms with van der Waals surface area (Å²) < 4.78 is 21.9. The van der Waals surface area contributed by atoms with Gasteiger partial charge in [0.2, 0.25) is 11.6 Å². The monoisotopic (exact) mass is 710 g/mol. The van der Waals surface area contributed by atoms with E-state index in [1.54, 1.807) is 42.5 Å². The van der Waals surface area contributed by atoms with Crippen LogP contribution in [-0.4, -0.2) is 32.5 Å². The highest BCUT2D eigenvalue weighted by atomic mass is 35.5. The van der Waals surface area contributed by atoms with E-state index in [2.05, 4.69) is 26.4 Å². The topological polar surface area (TPSA) is 146 Å². The second-order valence-corrected chi connectivity index (χ2v) is 13.3. The van der Waals surface area contributed by atoms with Gasteiger partial charge in [0, 0.05) is 27.8 Å². The summed E-state index contributed by atoms with van der Waals surface area (Å²) in [5, 5.41) is 17.9. The maximum Gasteiger partial charge on any atom is 0.258 e. The van der Waals surface area contributed by atoms with Crippen molar-refractivity contribution in [2.75, 3.05) is 0 Å². The number of benzene rings is 4. The fraction of sp³-hybridized carbons (Fsp3) is 0.237. The van der Waals surface area contributed by atoms with Crippen LogP contribution in [0.4, 0.5) is 0 Å². The summed E-state index contributed by atoms with van der Waals surface area (Å²) in [6, 6.07) is 27.6. The number of halogens is 2. The smallest absolute Gasteiger partial charge is 0.258 e. The molecule has 4 aromatic carbocycles. The van der Waals surface area contributed by atoms with Crippen molar-refractivity contribution in [3.8, 4) is 63.3 Å². The van der Waals surface area contributed by atoms with Crippen LogP contribution in [-0.2, 0) is 5.54 Å². The molecule has 0 spiro atoms. The van der Waals surface area contributed by atoms with Crippen LogP contribution in [0.3, 0.4) is 0 Å². The van der Waals surface area contributed by atoms with Crippen LogP contribution in [0.25, 0.3) is 45.7 Å². The quantitative estimate of drug-likeness (QED) is 0.154. The molecule has 12 heteroatoms. The number of aromatic nitrogens is 4. The van der Waals surface area contributed by atoms with Gasteiger partial charge in [-0.1, -0.05) is 45.6 Å². The predicted molar refractivity (Wildman–Crippen MR) is 194 cm³/mol. The minimum Gasteiger partial charge on any atom is -0.489 e. The average Bonchev–Trinajstić information content (AvgIpc) is 3.78. The van der Waals surface area contributed by atoms with Crippen molar-refractivity contribution in [2.24, 2.45) is 5.73 Å². The van der Waals surface area contributed by atoms with Gasteiger partial charge in [0.25, 0.3) is 11.8 Å². The first-order valence-corrected chi connectivity index (χ1v) is 16.6. The van der Waals surface area contributed by atoms with E-state index in [0.717, 1.165) is 27.8 Å². The van der Waals surface area contributed by atoms with Crippen molar-refractivity contribution in [2.45, 2.75) is 59.3 Å². The molecule has 0 aliphatic carbocycles. The lowest BCUT2D eigenvalue weighted by molar-refractivity contribution is 0.242. The number of nitrogens with zero attached hydrogens (tertiary/aromatic N) is 5. The number of rotatable bonds is 9. The molecule has 0 bridgehead atoms. The number of nitrogens with two attached hydrogens (primary N) is 1. The van der Waals surface area contributed by atoms with Gasteiger partial charge in [0.1, 0.15) is 11.5 Å². The lowest BCUT2D eigenvalue weighted by Crippen LogP contribution is -2.28. The Bertz CT molecular complexity index is 2090. The average molecular weight is 712 g/mol. The first-order chi connectivity index (χ1) is 23.8. The highest BCUT2D eigenvalue weighted by Gasteiger charge is 2.17. The van der Waals surface area contributed by atoms with E-state index in [0.29, 0.717) is 50.5 Å². The first-order valence-electron chi connectivity index (χ1n) is 15.8. The summed E-state index contributed by atoms with van der Waals surface area (Å²) in [5.74, 6) is 2.99. The van der Waals surface area contributed by atoms with Gasteiger partial charge in [-0.15, -0.1) is 0 Å². The summed E-state index contributed by atoms with van der Waals surface area (Å²) in [4.78, 5) is 8.84. The van der Waals surface area contributed by atoms with Crippen LogP contribution >= 0.6 is 23.2 Å². The molecule has 256 valence electrons. The van der Waals surface area contributed by atoms with Gasteiger partial charge in [0.15, 0.2) is 0 Å². The molecule has 0 aliphatic heterocycles. The van der Waals surface area contributed by atoms with Gasteiger partial charge in [0.05, 0.1) is 33.9 Å². The van der Waals surface area contributed by atoms with Gasteiger partial charge in [-0.05, 0) is 120 Å². The van der Waals surface area contributed by atoms with E-state index in [1.165, 1.54) is 0 Å². The molecule has 0 saturated carbocycles. The zero-order chi connectivity index (χ0) is 36.0. The largest absolute Gasteiger partial charge is 0.489 e. The minimum atomic E-state index is -0.394. The molecule has 0 atom stereocenters. The lowest BCUT2D eigenvalue weighted by atomic mass is 9.95. The molecule has 0 fully saturated rings. The van der Waals surface area contributed by atoms with Crippen molar-refractivity contribution in [3.05, 3.63) is 106 Å². The first kappa shape index (κ1) is 36.1. The van der Waals surface area contributed by atoms with Gasteiger partial charge in [-0.25, -0.2) is 0 Å². The summed E-state index contributed by atoms with van der Waals surface area (Å²) >= 11 is 12.5.